The van der Waals surface area contributed by atoms with Crippen molar-refractivity contribution >= 4 is 22.6 Å². The summed E-state index contributed by atoms with van der Waals surface area (Å²) in [6.45, 7) is 10.5. The Morgan fingerprint density at radius 1 is 1.03 bits per heavy atom. The Morgan fingerprint density at radius 2 is 1.72 bits per heavy atom. The normalized spacial score (nSPS) is 17.6. The molecule has 1 aromatic heterocycles. The molecular weight excluding hydrogens is 450 g/mol. The highest BCUT2D eigenvalue weighted by Crippen LogP contribution is 2.45. The molecule has 0 spiro atoms. The summed E-state index contributed by atoms with van der Waals surface area (Å²) >= 11 is 0. The van der Waals surface area contributed by atoms with Crippen LogP contribution in [-0.4, -0.2) is 53.3 Å². The second kappa shape index (κ2) is 10.6. The summed E-state index contributed by atoms with van der Waals surface area (Å²) in [7, 11) is 0. The Hall–Kier alpha value is -2.99. The van der Waals surface area contributed by atoms with E-state index in [4.69, 9.17) is 4.74 Å². The molecule has 5 rings (SSSR count). The molecule has 6 nitrogen and oxygen atoms in total. The van der Waals surface area contributed by atoms with Gasteiger partial charge in [0.1, 0.15) is 5.75 Å². The van der Waals surface area contributed by atoms with Crippen molar-refractivity contribution in [1.82, 2.24) is 9.47 Å². The monoisotopic (exact) mass is 489 g/mol. The minimum absolute atomic E-state index is 0.283. The van der Waals surface area contributed by atoms with Crippen LogP contribution in [0.1, 0.15) is 72.2 Å². The Balaban J connectivity index is 1.55. The highest BCUT2D eigenvalue weighted by molar-refractivity contribution is 6.12. The first kappa shape index (κ1) is 24.7. The molecule has 0 unspecified atom stereocenters. The molecule has 2 heterocycles. The van der Waals surface area contributed by atoms with Crippen LogP contribution in [0.2, 0.25) is 0 Å². The zero-order valence-electron chi connectivity index (χ0n) is 21.9. The molecule has 192 valence electrons. The maximum absolute atomic E-state index is 13.3. The first-order chi connectivity index (χ1) is 17.5. The number of benzene rings is 2. The van der Waals surface area contributed by atoms with Gasteiger partial charge in [0.25, 0.3) is 0 Å². The summed E-state index contributed by atoms with van der Waals surface area (Å²) in [6.07, 6.45) is 5.95. The number of hydrogen-bond acceptors (Lipinski definition) is 5. The quantitative estimate of drug-likeness (QED) is 0.433. The average molecular weight is 490 g/mol. The van der Waals surface area contributed by atoms with Crippen molar-refractivity contribution in [3.05, 3.63) is 58.8 Å². The molecule has 0 radical (unpaired) electrons. The van der Waals surface area contributed by atoms with Crippen molar-refractivity contribution in [2.24, 2.45) is 0 Å². The molecule has 1 aliphatic heterocycles. The van der Waals surface area contributed by atoms with Gasteiger partial charge in [0.05, 0.1) is 23.4 Å². The second-order valence-corrected chi connectivity index (χ2v) is 10.4. The van der Waals surface area contributed by atoms with Crippen LogP contribution in [0.4, 0.5) is 5.69 Å². The Morgan fingerprint density at radius 3 is 2.39 bits per heavy atom. The van der Waals surface area contributed by atoms with Gasteiger partial charge in [-0.05, 0) is 50.8 Å². The summed E-state index contributed by atoms with van der Waals surface area (Å²) in [5.74, 6) is -0.00729. The smallest absolute Gasteiger partial charge is 0.340 e. The highest BCUT2D eigenvalue weighted by atomic mass is 16.5. The van der Waals surface area contributed by atoms with Gasteiger partial charge in [-0.3, -0.25) is 4.90 Å². The third-order valence-corrected chi connectivity index (χ3v) is 8.03. The van der Waals surface area contributed by atoms with E-state index in [2.05, 4.69) is 57.7 Å². The van der Waals surface area contributed by atoms with Gasteiger partial charge in [-0.25, -0.2) is 4.79 Å². The van der Waals surface area contributed by atoms with E-state index in [-0.39, 0.29) is 11.7 Å². The molecule has 6 heteroatoms. The van der Waals surface area contributed by atoms with Gasteiger partial charge in [-0.2, -0.15) is 0 Å². The molecule has 3 aromatic rings. The molecule has 2 fully saturated rings. The molecule has 1 saturated carbocycles. The van der Waals surface area contributed by atoms with Crippen molar-refractivity contribution in [3.8, 4) is 5.75 Å². The van der Waals surface area contributed by atoms with Gasteiger partial charge in [-0.15, -0.1) is 0 Å². The van der Waals surface area contributed by atoms with Crippen molar-refractivity contribution in [2.45, 2.75) is 65.5 Å². The Bertz CT molecular complexity index is 1220. The maximum atomic E-state index is 13.3. The van der Waals surface area contributed by atoms with E-state index in [9.17, 15) is 9.90 Å². The molecule has 2 aliphatic rings. The minimum atomic E-state index is -0.290. The van der Waals surface area contributed by atoms with Crippen LogP contribution in [0.15, 0.2) is 36.4 Å². The van der Waals surface area contributed by atoms with Crippen molar-refractivity contribution in [2.75, 3.05) is 37.7 Å². The largest absolute Gasteiger partial charge is 0.505 e. The number of ether oxygens (including phenoxy) is 1. The SMILES string of the molecule is CCOC(=O)c1c(C)n(C2CCCCC2)c2cc(C)c(O)c(N3CCN(Cc4ccccc4)CC3)c12. The van der Waals surface area contributed by atoms with E-state index in [1.165, 1.54) is 24.8 Å². The minimum Gasteiger partial charge on any atom is -0.505 e. The fourth-order valence-corrected chi connectivity index (χ4v) is 6.23. The van der Waals surface area contributed by atoms with E-state index < -0.39 is 0 Å². The fraction of sp³-hybridized carbons (Fsp3) is 0.500. The molecule has 1 N–H and O–H groups in total. The van der Waals surface area contributed by atoms with Crippen LogP contribution in [-0.2, 0) is 11.3 Å². The molecule has 1 aliphatic carbocycles. The summed E-state index contributed by atoms with van der Waals surface area (Å²) in [6, 6.07) is 13.0. The fourth-order valence-electron chi connectivity index (χ4n) is 6.23. The number of esters is 1. The number of aromatic hydroxyl groups is 1. The molecule has 2 aromatic carbocycles. The van der Waals surface area contributed by atoms with Crippen LogP contribution in [0, 0.1) is 13.8 Å². The van der Waals surface area contributed by atoms with Crippen LogP contribution in [0.5, 0.6) is 5.75 Å². The predicted octanol–water partition coefficient (Wildman–Crippen LogP) is 5.97. The number of nitrogens with zero attached hydrogens (tertiary/aromatic N) is 3. The van der Waals surface area contributed by atoms with Crippen LogP contribution >= 0.6 is 0 Å². The molecule has 36 heavy (non-hydrogen) atoms. The third kappa shape index (κ3) is 4.59. The van der Waals surface area contributed by atoms with Crippen molar-refractivity contribution in [3.63, 3.8) is 0 Å². The van der Waals surface area contributed by atoms with E-state index in [0.29, 0.717) is 18.2 Å². The number of rotatable bonds is 6. The number of fused-ring (bicyclic) bond motifs is 1. The van der Waals surface area contributed by atoms with Crippen LogP contribution in [0.3, 0.4) is 0 Å². The number of phenolic OH excluding ortho intramolecular Hbond substituents is 1. The van der Waals surface area contributed by atoms with E-state index in [1.807, 2.05) is 13.8 Å². The number of anilines is 1. The van der Waals surface area contributed by atoms with Gasteiger partial charge in [0.2, 0.25) is 0 Å². The van der Waals surface area contributed by atoms with Gasteiger partial charge in [0.15, 0.2) is 0 Å². The predicted molar refractivity (Wildman–Crippen MR) is 145 cm³/mol. The number of aromatic nitrogens is 1. The Kier molecular flexibility index (Phi) is 7.24. The number of carbonyl (C=O) groups excluding carboxylic acids is 1. The number of aryl methyl sites for hydroxylation is 1. The van der Waals surface area contributed by atoms with Crippen molar-refractivity contribution < 1.29 is 14.6 Å². The second-order valence-electron chi connectivity index (χ2n) is 10.4. The highest BCUT2D eigenvalue weighted by Gasteiger charge is 2.32. The van der Waals surface area contributed by atoms with Gasteiger partial charge in [0, 0.05) is 49.8 Å². The molecule has 1 saturated heterocycles. The lowest BCUT2D eigenvalue weighted by Gasteiger charge is -2.37. The number of phenols is 1. The Labute approximate surface area is 214 Å². The summed E-state index contributed by atoms with van der Waals surface area (Å²) < 4.78 is 7.93. The average Bonchev–Trinajstić information content (AvgIpc) is 3.18. The van der Waals surface area contributed by atoms with E-state index >= 15 is 0 Å². The zero-order valence-corrected chi connectivity index (χ0v) is 21.9. The maximum Gasteiger partial charge on any atom is 0.340 e. The van der Waals surface area contributed by atoms with Gasteiger partial charge >= 0.3 is 5.97 Å². The number of hydrogen-bond donors (Lipinski definition) is 1. The van der Waals surface area contributed by atoms with Gasteiger partial charge in [-0.1, -0.05) is 49.6 Å². The summed E-state index contributed by atoms with van der Waals surface area (Å²) in [4.78, 5) is 18.1. The standard InChI is InChI=1S/C30H39N3O3/c1-4-36-30(35)26-22(3)33(24-13-9-6-10-14-24)25-19-21(2)29(34)28(27(25)26)32-17-15-31(16-18-32)20-23-11-7-5-8-12-23/h5,7-8,11-12,19,24,34H,4,6,9-10,13-18,20H2,1-3H3. The lowest BCUT2D eigenvalue weighted by Crippen LogP contribution is -2.46. The van der Waals surface area contributed by atoms with E-state index in [1.54, 1.807) is 0 Å². The van der Waals surface area contributed by atoms with E-state index in [0.717, 1.165) is 73.4 Å². The lowest BCUT2D eigenvalue weighted by molar-refractivity contribution is 0.0527. The first-order valence-electron chi connectivity index (χ1n) is 13.5. The summed E-state index contributed by atoms with van der Waals surface area (Å²) in [5.41, 5.74) is 5.61. The topological polar surface area (TPSA) is 57.9 Å². The first-order valence-corrected chi connectivity index (χ1v) is 13.5. The van der Waals surface area contributed by atoms with Crippen LogP contribution in [0.25, 0.3) is 10.9 Å². The molecule has 0 bridgehead atoms. The van der Waals surface area contributed by atoms with Crippen LogP contribution < -0.4 is 4.90 Å². The lowest BCUT2D eigenvalue weighted by atomic mass is 9.95. The number of carbonyl (C=O) groups is 1. The molecule has 0 amide bonds. The van der Waals surface area contributed by atoms with Crippen molar-refractivity contribution in [1.29, 1.82) is 0 Å². The number of piperazine rings is 1. The third-order valence-electron chi connectivity index (χ3n) is 8.03. The molecule has 0 atom stereocenters. The molecular formula is C30H39N3O3. The van der Waals surface area contributed by atoms with Gasteiger partial charge < -0.3 is 19.3 Å². The summed E-state index contributed by atoms with van der Waals surface area (Å²) in [5, 5.41) is 12.2. The zero-order chi connectivity index (χ0) is 25.2.